The molecule has 2 fully saturated rings. The maximum atomic E-state index is 12.7. The van der Waals surface area contributed by atoms with Crippen LogP contribution in [-0.4, -0.2) is 29.9 Å². The van der Waals surface area contributed by atoms with Crippen molar-refractivity contribution in [1.29, 1.82) is 0 Å². The van der Waals surface area contributed by atoms with Gasteiger partial charge in [-0.15, -0.1) is 0 Å². The second kappa shape index (κ2) is 5.11. The normalized spacial score (nSPS) is 31.1. The lowest BCUT2D eigenvalue weighted by Gasteiger charge is -2.27. The van der Waals surface area contributed by atoms with Crippen molar-refractivity contribution in [2.45, 2.75) is 38.5 Å². The third-order valence-electron chi connectivity index (χ3n) is 5.35. The van der Waals surface area contributed by atoms with E-state index in [1.54, 1.807) is 0 Å². The fraction of sp³-hybridized carbons (Fsp3) is 0.588. The lowest BCUT2D eigenvalue weighted by atomic mass is 9.79. The van der Waals surface area contributed by atoms with E-state index in [0.29, 0.717) is 31.1 Å². The molecule has 1 aromatic rings. The van der Waals surface area contributed by atoms with Crippen LogP contribution in [0.2, 0.25) is 0 Å². The third kappa shape index (κ3) is 2.36. The molecule has 2 N–H and O–H groups in total. The average Bonchev–Trinajstić information content (AvgIpc) is 3.11. The molecule has 1 unspecified atom stereocenters. The first-order valence-corrected chi connectivity index (χ1v) is 7.95. The quantitative estimate of drug-likeness (QED) is 0.858. The molecule has 2 aliphatic heterocycles. The van der Waals surface area contributed by atoms with Gasteiger partial charge in [0.05, 0.1) is 13.2 Å². The highest BCUT2D eigenvalue weighted by Crippen LogP contribution is 2.36. The average molecular weight is 286 g/mol. The first kappa shape index (κ1) is 13.3. The van der Waals surface area contributed by atoms with Crippen LogP contribution >= 0.6 is 0 Å². The number of rotatable bonds is 1. The number of likely N-dealkylation sites (tertiary alicyclic amines) is 1. The Hall–Kier alpha value is -1.39. The molecule has 0 bridgehead atoms. The Bertz CT molecular complexity index is 572. The van der Waals surface area contributed by atoms with Crippen LogP contribution in [0.1, 0.15) is 40.7 Å². The van der Waals surface area contributed by atoms with Crippen molar-refractivity contribution in [3.63, 3.8) is 0 Å². The van der Waals surface area contributed by atoms with Gasteiger partial charge < -0.3 is 15.4 Å². The van der Waals surface area contributed by atoms with Gasteiger partial charge in [-0.3, -0.25) is 4.79 Å². The molecule has 1 saturated heterocycles. The van der Waals surface area contributed by atoms with Gasteiger partial charge in [-0.05, 0) is 54.4 Å². The van der Waals surface area contributed by atoms with E-state index in [1.807, 2.05) is 23.1 Å². The van der Waals surface area contributed by atoms with Crippen LogP contribution in [0.4, 0.5) is 0 Å². The number of amides is 1. The molecule has 3 aliphatic rings. The van der Waals surface area contributed by atoms with Gasteiger partial charge in [0.1, 0.15) is 0 Å². The molecule has 0 spiro atoms. The molecular formula is C17H22N2O2. The van der Waals surface area contributed by atoms with E-state index in [4.69, 9.17) is 10.5 Å². The van der Waals surface area contributed by atoms with Crippen LogP contribution in [0.5, 0.6) is 0 Å². The highest BCUT2D eigenvalue weighted by atomic mass is 16.5. The van der Waals surface area contributed by atoms with Crippen LogP contribution in [0.25, 0.3) is 0 Å². The molecule has 1 amide bonds. The highest BCUT2D eigenvalue weighted by Gasteiger charge is 2.38. The SMILES string of the molecule is NC1CC[C@@H]2CN(C(=O)c3ccc4c(c3)COC4)C[C@@H]2C1. The molecule has 1 aliphatic carbocycles. The van der Waals surface area contributed by atoms with E-state index in [1.165, 1.54) is 17.5 Å². The van der Waals surface area contributed by atoms with Gasteiger partial charge in [0, 0.05) is 24.7 Å². The first-order valence-electron chi connectivity index (χ1n) is 7.95. The van der Waals surface area contributed by atoms with Crippen LogP contribution in [0, 0.1) is 11.8 Å². The summed E-state index contributed by atoms with van der Waals surface area (Å²) in [5.41, 5.74) is 9.26. The van der Waals surface area contributed by atoms with Crippen LogP contribution < -0.4 is 5.73 Å². The van der Waals surface area contributed by atoms with Gasteiger partial charge in [-0.25, -0.2) is 0 Å². The summed E-state index contributed by atoms with van der Waals surface area (Å²) in [6, 6.07) is 6.33. The number of carbonyl (C=O) groups is 1. The van der Waals surface area contributed by atoms with E-state index in [-0.39, 0.29) is 5.91 Å². The molecule has 3 atom stereocenters. The van der Waals surface area contributed by atoms with Crippen molar-refractivity contribution in [3.8, 4) is 0 Å². The van der Waals surface area contributed by atoms with Crippen molar-refractivity contribution in [3.05, 3.63) is 34.9 Å². The zero-order valence-corrected chi connectivity index (χ0v) is 12.3. The van der Waals surface area contributed by atoms with E-state index < -0.39 is 0 Å². The summed E-state index contributed by atoms with van der Waals surface area (Å²) in [7, 11) is 0. The number of benzene rings is 1. The molecule has 4 heteroatoms. The lowest BCUT2D eigenvalue weighted by Crippen LogP contribution is -2.32. The zero-order chi connectivity index (χ0) is 14.4. The number of fused-ring (bicyclic) bond motifs is 2. The molecule has 0 aromatic heterocycles. The monoisotopic (exact) mass is 286 g/mol. The minimum absolute atomic E-state index is 0.174. The Balaban J connectivity index is 1.50. The zero-order valence-electron chi connectivity index (χ0n) is 12.3. The van der Waals surface area contributed by atoms with Gasteiger partial charge in [0.25, 0.3) is 5.91 Å². The summed E-state index contributed by atoms with van der Waals surface area (Å²) in [6.45, 7) is 3.10. The van der Waals surface area contributed by atoms with Crippen molar-refractivity contribution < 1.29 is 9.53 Å². The molecule has 4 nitrogen and oxygen atoms in total. The third-order valence-corrected chi connectivity index (χ3v) is 5.35. The van der Waals surface area contributed by atoms with Gasteiger partial charge >= 0.3 is 0 Å². The minimum atomic E-state index is 0.174. The summed E-state index contributed by atoms with van der Waals surface area (Å²) in [4.78, 5) is 14.8. The van der Waals surface area contributed by atoms with Gasteiger partial charge in [-0.2, -0.15) is 0 Å². The molecular weight excluding hydrogens is 264 g/mol. The van der Waals surface area contributed by atoms with Crippen LogP contribution in [-0.2, 0) is 18.0 Å². The molecule has 0 radical (unpaired) electrons. The fourth-order valence-electron chi connectivity index (χ4n) is 4.12. The lowest BCUT2D eigenvalue weighted by molar-refractivity contribution is 0.0783. The molecule has 1 aromatic carbocycles. The first-order chi connectivity index (χ1) is 10.2. The summed E-state index contributed by atoms with van der Waals surface area (Å²) in [5.74, 6) is 1.44. The molecule has 1 saturated carbocycles. The molecule has 2 heterocycles. The molecule has 4 rings (SSSR count). The topological polar surface area (TPSA) is 55.6 Å². The second-order valence-corrected chi connectivity index (χ2v) is 6.78. The fourth-order valence-corrected chi connectivity index (χ4v) is 4.12. The van der Waals surface area contributed by atoms with E-state index >= 15 is 0 Å². The van der Waals surface area contributed by atoms with Crippen molar-refractivity contribution >= 4 is 5.91 Å². The number of hydrogen-bond acceptors (Lipinski definition) is 3. The Morgan fingerprint density at radius 1 is 1.14 bits per heavy atom. The number of hydrogen-bond donors (Lipinski definition) is 1. The Kier molecular flexibility index (Phi) is 3.23. The van der Waals surface area contributed by atoms with Gasteiger partial charge in [0.15, 0.2) is 0 Å². The number of nitrogens with zero attached hydrogens (tertiary/aromatic N) is 1. The van der Waals surface area contributed by atoms with Crippen LogP contribution in [0.15, 0.2) is 18.2 Å². The Morgan fingerprint density at radius 3 is 2.86 bits per heavy atom. The van der Waals surface area contributed by atoms with E-state index in [0.717, 1.165) is 31.5 Å². The predicted molar refractivity (Wildman–Crippen MR) is 79.6 cm³/mol. The van der Waals surface area contributed by atoms with Crippen molar-refractivity contribution in [2.75, 3.05) is 13.1 Å². The van der Waals surface area contributed by atoms with Gasteiger partial charge in [0.2, 0.25) is 0 Å². The number of nitrogens with two attached hydrogens (primary N) is 1. The predicted octanol–water partition coefficient (Wildman–Crippen LogP) is 1.92. The summed E-state index contributed by atoms with van der Waals surface area (Å²) in [6.07, 6.45) is 3.36. The molecule has 21 heavy (non-hydrogen) atoms. The number of carbonyl (C=O) groups excluding carboxylic acids is 1. The van der Waals surface area contributed by atoms with Crippen LogP contribution in [0.3, 0.4) is 0 Å². The smallest absolute Gasteiger partial charge is 0.253 e. The standard InChI is InChI=1S/C17H22N2O2/c18-16-4-3-12-7-19(8-14(12)6-16)17(20)11-1-2-13-9-21-10-15(13)5-11/h1-2,5,12,14,16H,3-4,6-10,18H2/t12-,14+,16?/m1/s1. The maximum Gasteiger partial charge on any atom is 0.253 e. The summed E-state index contributed by atoms with van der Waals surface area (Å²) >= 11 is 0. The molecule has 112 valence electrons. The highest BCUT2D eigenvalue weighted by molar-refractivity contribution is 5.94. The van der Waals surface area contributed by atoms with Crippen molar-refractivity contribution in [2.24, 2.45) is 17.6 Å². The summed E-state index contributed by atoms with van der Waals surface area (Å²) < 4.78 is 5.43. The van der Waals surface area contributed by atoms with Gasteiger partial charge in [-0.1, -0.05) is 6.07 Å². The second-order valence-electron chi connectivity index (χ2n) is 6.78. The minimum Gasteiger partial charge on any atom is -0.372 e. The van der Waals surface area contributed by atoms with E-state index in [9.17, 15) is 4.79 Å². The van der Waals surface area contributed by atoms with E-state index in [2.05, 4.69) is 0 Å². The maximum absolute atomic E-state index is 12.7. The summed E-state index contributed by atoms with van der Waals surface area (Å²) in [5, 5.41) is 0. The number of ether oxygens (including phenoxy) is 1. The Morgan fingerprint density at radius 2 is 1.95 bits per heavy atom. The van der Waals surface area contributed by atoms with Crippen molar-refractivity contribution in [1.82, 2.24) is 4.90 Å². The Labute approximate surface area is 125 Å². The largest absolute Gasteiger partial charge is 0.372 e.